The van der Waals surface area contributed by atoms with Crippen LogP contribution in [0.4, 0.5) is 26.7 Å². The van der Waals surface area contributed by atoms with Crippen LogP contribution in [0.25, 0.3) is 0 Å². The number of aromatic nitrogens is 1. The van der Waals surface area contributed by atoms with Crippen molar-refractivity contribution in [3.63, 3.8) is 0 Å². The molecule has 4 aromatic carbocycles. The Kier molecular flexibility index (Phi) is 29.1. The minimum atomic E-state index is -1.21. The molecule has 90 heavy (non-hydrogen) atoms. The third-order valence-corrected chi connectivity index (χ3v) is 14.7. The third-order valence-electron chi connectivity index (χ3n) is 14.7. The second kappa shape index (κ2) is 35.5. The number of nitrogens with one attached hydrogen (secondary N) is 2. The van der Waals surface area contributed by atoms with Gasteiger partial charge >= 0.3 is 41.6 Å². The van der Waals surface area contributed by atoms with Gasteiger partial charge in [0.25, 0.3) is 30.0 Å². The van der Waals surface area contributed by atoms with E-state index in [-0.39, 0.29) is 96.1 Å². The molecule has 4 amide bonds. The molecule has 20 nitrogen and oxygen atoms in total. The Bertz CT molecular complexity index is 3570. The zero-order valence-corrected chi connectivity index (χ0v) is 53.1. The van der Waals surface area contributed by atoms with Gasteiger partial charge in [0.1, 0.15) is 59.7 Å². The second-order valence-corrected chi connectivity index (χ2v) is 20.6. The van der Waals surface area contributed by atoms with Crippen molar-refractivity contribution in [1.82, 2.24) is 25.0 Å². The molecule has 2 bridgehead atoms. The number of esters is 1. The van der Waals surface area contributed by atoms with E-state index >= 15 is 0 Å². The Morgan fingerprint density at radius 2 is 1.31 bits per heavy atom. The van der Waals surface area contributed by atoms with Gasteiger partial charge in [-0.3, -0.25) is 28.8 Å². The molecule has 0 unspecified atom stereocenters. The maximum Gasteiger partial charge on any atom is 1.00 e. The van der Waals surface area contributed by atoms with E-state index in [1.807, 2.05) is 69.9 Å². The summed E-state index contributed by atoms with van der Waals surface area (Å²) in [6.45, 7) is 14.6. The van der Waals surface area contributed by atoms with Crippen LogP contribution < -0.4 is 61.0 Å². The van der Waals surface area contributed by atoms with E-state index in [0.29, 0.717) is 55.0 Å². The third kappa shape index (κ3) is 19.4. The van der Waals surface area contributed by atoms with Crippen molar-refractivity contribution >= 4 is 36.3 Å². The number of carbonyl (C=O) groups is 6. The number of pyridine rings is 1. The van der Waals surface area contributed by atoms with Crippen molar-refractivity contribution in [2.24, 2.45) is 17.8 Å². The molecule has 1 fully saturated rings. The van der Waals surface area contributed by atoms with Gasteiger partial charge in [-0.05, 0) is 61.6 Å². The minimum Gasteiger partial charge on any atom is -0.662 e. The van der Waals surface area contributed by atoms with E-state index in [1.165, 1.54) is 16.8 Å². The van der Waals surface area contributed by atoms with Crippen LogP contribution in [0.3, 0.4) is 0 Å². The van der Waals surface area contributed by atoms with Gasteiger partial charge in [-0.25, -0.2) is 31.5 Å². The first kappa shape index (κ1) is 73.8. The number of nitrogens with zero attached hydrogens (tertiary/aromatic N) is 3. The molecule has 476 valence electrons. The Hall–Kier alpha value is -8.65. The zero-order chi connectivity index (χ0) is 65.6. The Balaban J connectivity index is 0.000000281. The van der Waals surface area contributed by atoms with Crippen LogP contribution in [0.2, 0.25) is 0 Å². The molecule has 6 atom stereocenters. The van der Waals surface area contributed by atoms with Crippen molar-refractivity contribution in [2.45, 2.75) is 106 Å². The van der Waals surface area contributed by atoms with Crippen molar-refractivity contribution in [3.05, 3.63) is 210 Å². The number of benzene rings is 4. The molecule has 3 N–H and O–H groups in total. The summed E-state index contributed by atoms with van der Waals surface area (Å²) in [7, 11) is 1.07. The standard InChI is InChI=1S/C22H16F3NO6.C22H23F2N3O4.C17H23NO2.C2H6.CH2O3.Na/c1-30-22(29)20-19(31-10-12-5-3-2-4-6-12)18(27)15(11-32-20)21(28)26-9-14-16(24)7-13(23)8-17(14)25;1-11-3-4-12(2)26-10-17(11)27-9-15(19(28)20(29)18(27)22(26)31)21(30)25-8-13-5-6-14(23)7-16(13)24;1-13-9-10-15(3)18(11-14(13)2)17(19)20-12-16-7-5-4-6-8-16;1-2;2-1-4-3;/h2-8,11H,9-10H2,1H3,(H,26,28);5-7,9,11-12,17,29H,3-4,8,10H2,1-2H3,(H,25,30);4-10,13-15H,11-12H2,1-3H3;1-2H3;1,3H;/q;;;;;+1/p-1/t;11-,12-,17+;13-,14+,15-;;;/m.00.../s1. The number of hydrogen-bond acceptors (Lipinski definition) is 15. The summed E-state index contributed by atoms with van der Waals surface area (Å²) in [5, 5.41) is 23.6. The Morgan fingerprint density at radius 3 is 1.90 bits per heavy atom. The molecule has 3 aliphatic rings. The van der Waals surface area contributed by atoms with Gasteiger partial charge in [0.15, 0.2) is 11.4 Å². The number of methoxy groups -OCH3 is 1. The van der Waals surface area contributed by atoms with E-state index in [4.69, 9.17) is 23.9 Å². The van der Waals surface area contributed by atoms with Crippen molar-refractivity contribution in [3.8, 4) is 11.5 Å². The summed E-state index contributed by atoms with van der Waals surface area (Å²) in [5.41, 5.74) is -1.85. The number of aromatic hydroxyl groups is 1. The second-order valence-electron chi connectivity index (χ2n) is 20.6. The number of ether oxygens (including phenoxy) is 3. The molecule has 0 saturated carbocycles. The maximum absolute atomic E-state index is 13.8. The molecular formula is C64H69F5N5NaO15. The van der Waals surface area contributed by atoms with E-state index in [2.05, 4.69) is 46.3 Å². The first-order valence-corrected chi connectivity index (χ1v) is 28.2. The monoisotopic (exact) mass is 1270 g/mol. The van der Waals surface area contributed by atoms with Crippen molar-refractivity contribution in [2.75, 3.05) is 20.2 Å². The van der Waals surface area contributed by atoms with Gasteiger partial charge < -0.3 is 58.9 Å². The van der Waals surface area contributed by atoms with Crippen LogP contribution >= 0.6 is 0 Å². The fourth-order valence-electron chi connectivity index (χ4n) is 9.41. The summed E-state index contributed by atoms with van der Waals surface area (Å²) in [5.74, 6) is -9.19. The van der Waals surface area contributed by atoms with Gasteiger partial charge in [0.05, 0.1) is 19.2 Å². The predicted octanol–water partition coefficient (Wildman–Crippen LogP) is 6.25. The molecule has 26 heteroatoms. The summed E-state index contributed by atoms with van der Waals surface area (Å²) < 4.78 is 89.5. The Morgan fingerprint density at radius 1 is 0.733 bits per heavy atom. The molecular weight excluding hydrogens is 1200 g/mol. The largest absolute Gasteiger partial charge is 1.00 e. The van der Waals surface area contributed by atoms with Crippen LogP contribution in [-0.4, -0.2) is 88.0 Å². The van der Waals surface area contributed by atoms with E-state index in [9.17, 15) is 60.6 Å². The van der Waals surface area contributed by atoms with Gasteiger partial charge in [0, 0.05) is 67.7 Å². The Labute approximate surface area is 537 Å². The van der Waals surface area contributed by atoms with Crippen LogP contribution in [0.5, 0.6) is 11.5 Å². The molecule has 6 aromatic rings. The summed E-state index contributed by atoms with van der Waals surface area (Å²) in [4.78, 5) is 103. The number of fused-ring (bicyclic) bond motifs is 4. The van der Waals surface area contributed by atoms with Crippen molar-refractivity contribution < 1.29 is 114 Å². The van der Waals surface area contributed by atoms with E-state index in [1.54, 1.807) is 35.2 Å². The fourth-order valence-corrected chi connectivity index (χ4v) is 9.41. The SMILES string of the molecule is CC.COC(=O)c1occ(C(=O)NCc2c(F)cc(F)cc2F)c(=O)c1OCc1ccccc1.C[C@@H]1CN(C(=O)OCc2ccccc2)[C@@H](C)C=C[C@@H]1C.C[C@H]1CC[C@H](C)N2C[C@H]1n1cc(C(=O)NCc3ccc(F)cc3F)c(=O)c(O)c1C2=O.O=CO[O-].[Na+]. The normalized spacial score (nSPS) is 17.6. The number of rotatable bonds is 13. The van der Waals surface area contributed by atoms with Gasteiger partial charge in [0.2, 0.25) is 16.6 Å². The summed E-state index contributed by atoms with van der Waals surface area (Å²) >= 11 is 0. The van der Waals surface area contributed by atoms with Crippen LogP contribution in [0, 0.1) is 46.8 Å². The first-order valence-electron chi connectivity index (χ1n) is 28.2. The average molecular weight is 1270 g/mol. The predicted molar refractivity (Wildman–Crippen MR) is 311 cm³/mol. The zero-order valence-electron chi connectivity index (χ0n) is 51.1. The van der Waals surface area contributed by atoms with Crippen LogP contribution in [-0.2, 0) is 45.5 Å². The number of halogens is 5. The molecule has 3 aliphatic heterocycles. The molecule has 0 aliphatic carbocycles. The number of allylic oxidation sites excluding steroid dienone is 1. The average Bonchev–Trinajstić information content (AvgIpc) is 1.27. The smallest absolute Gasteiger partial charge is 0.662 e. The molecule has 0 radical (unpaired) electrons. The van der Waals surface area contributed by atoms with E-state index < -0.39 is 98.6 Å². The van der Waals surface area contributed by atoms with Crippen molar-refractivity contribution in [1.29, 1.82) is 0 Å². The number of amides is 4. The number of carbonyl (C=O) groups excluding carboxylic acids is 6. The molecule has 0 spiro atoms. The molecule has 2 aromatic heterocycles. The van der Waals surface area contributed by atoms with Gasteiger partial charge in [-0.2, -0.15) is 0 Å². The molecule has 1 saturated heterocycles. The molecule has 9 rings (SSSR count). The first-order chi connectivity index (χ1) is 42.5. The quantitative estimate of drug-likeness (QED) is 0.0219. The maximum atomic E-state index is 13.8. The number of hydrogen-bond donors (Lipinski definition) is 3. The topological polar surface area (TPSA) is 265 Å². The van der Waals surface area contributed by atoms with Gasteiger partial charge in [-0.1, -0.05) is 114 Å². The molecule has 5 heterocycles. The van der Waals surface area contributed by atoms with Crippen LogP contribution in [0.1, 0.15) is 131 Å². The minimum absolute atomic E-state index is 0. The fraction of sp³-hybridized carbons (Fsp3) is 0.344. The van der Waals surface area contributed by atoms with Gasteiger partial charge in [-0.15, -0.1) is 0 Å². The van der Waals surface area contributed by atoms with E-state index in [0.717, 1.165) is 38.1 Å². The van der Waals surface area contributed by atoms with Crippen LogP contribution in [0.15, 0.2) is 130 Å². The summed E-state index contributed by atoms with van der Waals surface area (Å²) in [6, 6.07) is 22.2. The summed E-state index contributed by atoms with van der Waals surface area (Å²) in [6.07, 6.45) is 7.73.